The first-order chi connectivity index (χ1) is 14.9. The first kappa shape index (κ1) is 22.4. The number of carbonyl (C=O) groups excluding carboxylic acids is 2. The highest BCUT2D eigenvalue weighted by Gasteiger charge is 2.18. The minimum Gasteiger partial charge on any atom is -0.487 e. The molecule has 31 heavy (non-hydrogen) atoms. The van der Waals surface area contributed by atoms with Crippen LogP contribution in [0.4, 0.5) is 4.39 Å². The molecule has 1 heterocycles. The lowest BCUT2D eigenvalue weighted by molar-refractivity contribution is -0.121. The summed E-state index contributed by atoms with van der Waals surface area (Å²) < 4.78 is 18.7. The fraction of sp³-hybridized carbons (Fsp3) is 0.261. The minimum atomic E-state index is -0.328. The van der Waals surface area contributed by atoms with Crippen molar-refractivity contribution >= 4 is 23.2 Å². The molecule has 2 amide bonds. The van der Waals surface area contributed by atoms with E-state index in [-0.39, 0.29) is 30.7 Å². The summed E-state index contributed by atoms with van der Waals surface area (Å²) in [7, 11) is 0. The van der Waals surface area contributed by atoms with Crippen molar-refractivity contribution in [1.82, 2.24) is 15.2 Å². The molecule has 3 aromatic rings. The van der Waals surface area contributed by atoms with Gasteiger partial charge in [-0.1, -0.05) is 18.2 Å². The van der Waals surface area contributed by atoms with Crippen molar-refractivity contribution in [3.05, 3.63) is 81.6 Å². The quantitative estimate of drug-likeness (QED) is 0.546. The number of aryl methyl sites for hydroxylation is 1. The second kappa shape index (κ2) is 10.7. The summed E-state index contributed by atoms with van der Waals surface area (Å²) in [6.45, 7) is 4.65. The Balaban J connectivity index is 1.56. The first-order valence-electron chi connectivity index (χ1n) is 9.89. The van der Waals surface area contributed by atoms with Crippen molar-refractivity contribution in [2.45, 2.75) is 27.0 Å². The van der Waals surface area contributed by atoms with Gasteiger partial charge in [0.1, 0.15) is 18.2 Å². The lowest BCUT2D eigenvalue weighted by atomic mass is 10.2. The average Bonchev–Trinajstić information content (AvgIpc) is 3.20. The van der Waals surface area contributed by atoms with Crippen LogP contribution < -0.4 is 10.1 Å². The summed E-state index contributed by atoms with van der Waals surface area (Å²) in [6, 6.07) is 12.8. The average molecular weight is 442 g/mol. The summed E-state index contributed by atoms with van der Waals surface area (Å²) in [5.74, 6) is -0.306. The Labute approximate surface area is 184 Å². The number of amides is 2. The molecule has 0 saturated heterocycles. The maximum absolute atomic E-state index is 13.0. The number of rotatable bonds is 9. The van der Waals surface area contributed by atoms with Crippen LogP contribution in [0.3, 0.4) is 0 Å². The fourth-order valence-corrected chi connectivity index (χ4v) is 3.49. The standard InChI is InChI=1S/C23H24FN3O3S/c1-3-27(13-22(28)25-12-17-7-9-19(24)10-8-17)23(29)18-5-4-6-21(11-18)30-14-20-15-31-16(2)26-20/h4-11,15H,3,12-14H2,1-2H3,(H,25,28). The number of benzene rings is 2. The van der Waals surface area contributed by atoms with Crippen LogP contribution in [0.5, 0.6) is 5.75 Å². The Morgan fingerprint density at radius 3 is 2.65 bits per heavy atom. The van der Waals surface area contributed by atoms with Crippen LogP contribution in [-0.4, -0.2) is 34.8 Å². The molecule has 0 bridgehead atoms. The zero-order valence-electron chi connectivity index (χ0n) is 17.4. The number of aromatic nitrogens is 1. The number of thiazole rings is 1. The van der Waals surface area contributed by atoms with Gasteiger partial charge in [-0.05, 0) is 49.7 Å². The van der Waals surface area contributed by atoms with E-state index >= 15 is 0 Å². The number of likely N-dealkylation sites (N-methyl/N-ethyl adjacent to an activating group) is 1. The third-order valence-electron chi connectivity index (χ3n) is 4.54. The van der Waals surface area contributed by atoms with E-state index in [0.717, 1.165) is 16.3 Å². The van der Waals surface area contributed by atoms with Crippen molar-refractivity contribution < 1.29 is 18.7 Å². The molecule has 8 heteroatoms. The molecular formula is C23H24FN3O3S. The van der Waals surface area contributed by atoms with Gasteiger partial charge in [-0.3, -0.25) is 9.59 Å². The van der Waals surface area contributed by atoms with Crippen LogP contribution in [0.25, 0.3) is 0 Å². The predicted octanol–water partition coefficient (Wildman–Crippen LogP) is 3.95. The van der Waals surface area contributed by atoms with E-state index in [1.807, 2.05) is 19.2 Å². The van der Waals surface area contributed by atoms with Crippen molar-refractivity contribution in [1.29, 1.82) is 0 Å². The number of hydrogen-bond donors (Lipinski definition) is 1. The van der Waals surface area contributed by atoms with Crippen LogP contribution in [0.2, 0.25) is 0 Å². The fourth-order valence-electron chi connectivity index (χ4n) is 2.89. The summed E-state index contributed by atoms with van der Waals surface area (Å²) in [4.78, 5) is 31.0. The van der Waals surface area contributed by atoms with Crippen LogP contribution in [-0.2, 0) is 17.9 Å². The van der Waals surface area contributed by atoms with Crippen molar-refractivity contribution in [2.24, 2.45) is 0 Å². The topological polar surface area (TPSA) is 71.5 Å². The highest BCUT2D eigenvalue weighted by molar-refractivity contribution is 7.09. The van der Waals surface area contributed by atoms with E-state index in [4.69, 9.17) is 4.74 Å². The van der Waals surface area contributed by atoms with E-state index in [1.165, 1.54) is 17.0 Å². The molecule has 1 aromatic heterocycles. The smallest absolute Gasteiger partial charge is 0.254 e. The lowest BCUT2D eigenvalue weighted by Gasteiger charge is -2.21. The molecule has 0 aliphatic rings. The van der Waals surface area contributed by atoms with E-state index in [0.29, 0.717) is 24.5 Å². The van der Waals surface area contributed by atoms with Gasteiger partial charge in [0.15, 0.2) is 0 Å². The Morgan fingerprint density at radius 1 is 1.19 bits per heavy atom. The molecule has 2 aromatic carbocycles. The maximum atomic E-state index is 13.0. The third kappa shape index (κ3) is 6.62. The SMILES string of the molecule is CCN(CC(=O)NCc1ccc(F)cc1)C(=O)c1cccc(OCc2csc(C)n2)c1. The molecular weight excluding hydrogens is 417 g/mol. The summed E-state index contributed by atoms with van der Waals surface area (Å²) >= 11 is 1.56. The number of ether oxygens (including phenoxy) is 1. The van der Waals surface area contributed by atoms with Gasteiger partial charge in [0.05, 0.1) is 17.2 Å². The monoisotopic (exact) mass is 441 g/mol. The number of hydrogen-bond acceptors (Lipinski definition) is 5. The van der Waals surface area contributed by atoms with E-state index in [9.17, 15) is 14.0 Å². The molecule has 0 atom stereocenters. The van der Waals surface area contributed by atoms with Gasteiger partial charge in [0.2, 0.25) is 5.91 Å². The first-order valence-corrected chi connectivity index (χ1v) is 10.8. The molecule has 0 spiro atoms. The minimum absolute atomic E-state index is 0.0697. The van der Waals surface area contributed by atoms with Crippen LogP contribution in [0, 0.1) is 12.7 Å². The van der Waals surface area contributed by atoms with Crippen LogP contribution in [0.15, 0.2) is 53.9 Å². The molecule has 0 saturated carbocycles. The molecule has 0 aliphatic heterocycles. The maximum Gasteiger partial charge on any atom is 0.254 e. The zero-order valence-corrected chi connectivity index (χ0v) is 18.2. The second-order valence-electron chi connectivity index (χ2n) is 6.90. The Kier molecular flexibility index (Phi) is 7.72. The normalized spacial score (nSPS) is 10.5. The highest BCUT2D eigenvalue weighted by Crippen LogP contribution is 2.17. The van der Waals surface area contributed by atoms with Crippen LogP contribution in [0.1, 0.15) is 33.5 Å². The molecule has 162 valence electrons. The summed E-state index contributed by atoms with van der Waals surface area (Å²) in [5.41, 5.74) is 2.07. The number of nitrogens with one attached hydrogen (secondary N) is 1. The summed E-state index contributed by atoms with van der Waals surface area (Å²) in [6.07, 6.45) is 0. The zero-order chi connectivity index (χ0) is 22.2. The molecule has 0 aliphatic carbocycles. The number of carbonyl (C=O) groups is 2. The summed E-state index contributed by atoms with van der Waals surface area (Å²) in [5, 5.41) is 5.66. The molecule has 0 unspecified atom stereocenters. The van der Waals surface area contributed by atoms with Gasteiger partial charge in [-0.15, -0.1) is 11.3 Å². The number of halogens is 1. The second-order valence-corrected chi connectivity index (χ2v) is 7.96. The molecule has 0 radical (unpaired) electrons. The molecule has 0 fully saturated rings. The Bertz CT molecular complexity index is 1040. The van der Waals surface area contributed by atoms with E-state index in [1.54, 1.807) is 47.7 Å². The van der Waals surface area contributed by atoms with Gasteiger partial charge in [0, 0.05) is 24.0 Å². The van der Waals surface area contributed by atoms with Gasteiger partial charge in [-0.2, -0.15) is 0 Å². The number of nitrogens with zero attached hydrogens (tertiary/aromatic N) is 2. The van der Waals surface area contributed by atoms with E-state index in [2.05, 4.69) is 10.3 Å². The Morgan fingerprint density at radius 2 is 1.97 bits per heavy atom. The molecule has 6 nitrogen and oxygen atoms in total. The third-order valence-corrected chi connectivity index (χ3v) is 5.36. The van der Waals surface area contributed by atoms with Gasteiger partial charge in [0.25, 0.3) is 5.91 Å². The molecule has 3 rings (SSSR count). The van der Waals surface area contributed by atoms with Crippen molar-refractivity contribution in [2.75, 3.05) is 13.1 Å². The van der Waals surface area contributed by atoms with Crippen molar-refractivity contribution in [3.63, 3.8) is 0 Å². The highest BCUT2D eigenvalue weighted by atomic mass is 32.1. The Hall–Kier alpha value is -3.26. The predicted molar refractivity (Wildman–Crippen MR) is 117 cm³/mol. The largest absolute Gasteiger partial charge is 0.487 e. The van der Waals surface area contributed by atoms with Gasteiger partial charge < -0.3 is 15.0 Å². The van der Waals surface area contributed by atoms with E-state index < -0.39 is 0 Å². The van der Waals surface area contributed by atoms with Gasteiger partial charge in [-0.25, -0.2) is 9.37 Å². The van der Waals surface area contributed by atoms with Crippen molar-refractivity contribution in [3.8, 4) is 5.75 Å². The lowest BCUT2D eigenvalue weighted by Crippen LogP contribution is -2.40. The van der Waals surface area contributed by atoms with Gasteiger partial charge >= 0.3 is 0 Å². The molecule has 1 N–H and O–H groups in total. The van der Waals surface area contributed by atoms with Crippen LogP contribution >= 0.6 is 11.3 Å².